The second-order valence-corrected chi connectivity index (χ2v) is 6.29. The lowest BCUT2D eigenvalue weighted by Crippen LogP contribution is -2.47. The fourth-order valence-corrected chi connectivity index (χ4v) is 2.95. The molecule has 2 N–H and O–H groups in total. The van der Waals surface area contributed by atoms with Crippen molar-refractivity contribution in [3.05, 3.63) is 23.8 Å². The lowest BCUT2D eigenvalue weighted by atomic mass is 9.91. The number of alkyl halides is 2. The van der Waals surface area contributed by atoms with E-state index in [-0.39, 0.29) is 23.7 Å². The van der Waals surface area contributed by atoms with Gasteiger partial charge in [0.25, 0.3) is 0 Å². The van der Waals surface area contributed by atoms with Crippen LogP contribution in [0.3, 0.4) is 0 Å². The fraction of sp³-hybridized carbons (Fsp3) is 0.471. The van der Waals surface area contributed by atoms with E-state index < -0.39 is 36.2 Å². The van der Waals surface area contributed by atoms with Gasteiger partial charge < -0.3 is 24.8 Å². The van der Waals surface area contributed by atoms with Crippen LogP contribution in [-0.4, -0.2) is 54.8 Å². The summed E-state index contributed by atoms with van der Waals surface area (Å²) in [5, 5.41) is 11.6. The van der Waals surface area contributed by atoms with Crippen molar-refractivity contribution >= 4 is 23.7 Å². The maximum absolute atomic E-state index is 12.7. The van der Waals surface area contributed by atoms with Crippen LogP contribution in [0.25, 0.3) is 0 Å². The van der Waals surface area contributed by atoms with Gasteiger partial charge in [0.15, 0.2) is 5.75 Å². The monoisotopic (exact) mass is 386 g/mol. The molecule has 1 aliphatic rings. The minimum atomic E-state index is -3.17. The lowest BCUT2D eigenvalue weighted by Gasteiger charge is -2.34. The van der Waals surface area contributed by atoms with Crippen molar-refractivity contribution < 1.29 is 37.7 Å². The molecule has 0 aromatic heterocycles. The van der Waals surface area contributed by atoms with Crippen LogP contribution in [-0.2, 0) is 9.53 Å². The Hall–Kier alpha value is -2.91. The number of nitrogens with zero attached hydrogens (tertiary/aromatic N) is 1. The molecule has 1 heterocycles. The summed E-state index contributed by atoms with van der Waals surface area (Å²) in [4.78, 5) is 36.6. The SMILES string of the molecule is COC(=O)c1ccc(NC(=O)N2CC(C)CC(C(=O)O)C2)c(OC(F)F)c1. The predicted molar refractivity (Wildman–Crippen MR) is 89.9 cm³/mol. The molecule has 2 rings (SSSR count). The quantitative estimate of drug-likeness (QED) is 0.754. The number of likely N-dealkylation sites (tertiary alicyclic amines) is 1. The number of anilines is 1. The third-order valence-corrected chi connectivity index (χ3v) is 4.16. The number of nitrogens with one attached hydrogen (secondary N) is 1. The van der Waals surface area contributed by atoms with Gasteiger partial charge in [0.1, 0.15) is 0 Å². The van der Waals surface area contributed by atoms with Gasteiger partial charge in [-0.1, -0.05) is 6.92 Å². The molecule has 0 aliphatic carbocycles. The number of hydrogen-bond donors (Lipinski definition) is 2. The molecule has 0 spiro atoms. The predicted octanol–water partition coefficient (Wildman–Crippen LogP) is 2.65. The Bertz CT molecular complexity index is 727. The third-order valence-electron chi connectivity index (χ3n) is 4.16. The molecule has 0 saturated carbocycles. The Kier molecular flexibility index (Phi) is 6.54. The molecule has 8 nitrogen and oxygen atoms in total. The highest BCUT2D eigenvalue weighted by atomic mass is 19.3. The number of carboxylic acids is 1. The second kappa shape index (κ2) is 8.65. The van der Waals surface area contributed by atoms with Gasteiger partial charge in [-0.25, -0.2) is 9.59 Å². The van der Waals surface area contributed by atoms with Crippen molar-refractivity contribution in [2.75, 3.05) is 25.5 Å². The van der Waals surface area contributed by atoms with Crippen molar-refractivity contribution in [3.63, 3.8) is 0 Å². The molecular formula is C17H20F2N2O6. The van der Waals surface area contributed by atoms with Gasteiger partial charge in [-0.15, -0.1) is 0 Å². The molecule has 2 amide bonds. The zero-order chi connectivity index (χ0) is 20.1. The molecule has 0 bridgehead atoms. The van der Waals surface area contributed by atoms with Gasteiger partial charge in [0, 0.05) is 13.1 Å². The van der Waals surface area contributed by atoms with Crippen molar-refractivity contribution in [2.45, 2.75) is 20.0 Å². The zero-order valence-electron chi connectivity index (χ0n) is 14.8. The van der Waals surface area contributed by atoms with Crippen molar-refractivity contribution in [1.82, 2.24) is 4.90 Å². The summed E-state index contributed by atoms with van der Waals surface area (Å²) in [5.41, 5.74) is -0.0956. The number of hydrogen-bond acceptors (Lipinski definition) is 5. The summed E-state index contributed by atoms with van der Waals surface area (Å²) < 4.78 is 34.2. The zero-order valence-corrected chi connectivity index (χ0v) is 14.8. The molecule has 1 fully saturated rings. The highest BCUT2D eigenvalue weighted by Crippen LogP contribution is 2.29. The van der Waals surface area contributed by atoms with Gasteiger partial charge in [0.2, 0.25) is 0 Å². The number of methoxy groups -OCH3 is 1. The summed E-state index contributed by atoms with van der Waals surface area (Å²) >= 11 is 0. The van der Waals surface area contributed by atoms with Crippen LogP contribution in [0.15, 0.2) is 18.2 Å². The lowest BCUT2D eigenvalue weighted by molar-refractivity contribution is -0.143. The van der Waals surface area contributed by atoms with E-state index in [1.807, 2.05) is 6.92 Å². The van der Waals surface area contributed by atoms with Crippen LogP contribution in [0.1, 0.15) is 23.7 Å². The maximum Gasteiger partial charge on any atom is 0.387 e. The van der Waals surface area contributed by atoms with E-state index in [1.54, 1.807) is 0 Å². The van der Waals surface area contributed by atoms with E-state index in [4.69, 9.17) is 0 Å². The van der Waals surface area contributed by atoms with Crippen molar-refractivity contribution in [2.24, 2.45) is 11.8 Å². The number of esters is 1. The van der Waals surface area contributed by atoms with Crippen LogP contribution in [0.2, 0.25) is 0 Å². The van der Waals surface area contributed by atoms with E-state index in [0.717, 1.165) is 13.2 Å². The summed E-state index contributed by atoms with van der Waals surface area (Å²) in [6.45, 7) is -0.997. The largest absolute Gasteiger partial charge is 0.481 e. The minimum absolute atomic E-state index is 0.0107. The summed E-state index contributed by atoms with van der Waals surface area (Å²) in [7, 11) is 1.14. The Morgan fingerprint density at radius 1 is 1.30 bits per heavy atom. The van der Waals surface area contributed by atoms with E-state index in [1.165, 1.54) is 17.0 Å². The molecule has 1 aromatic carbocycles. The molecule has 1 aliphatic heterocycles. The third kappa shape index (κ3) is 5.28. The van der Waals surface area contributed by atoms with Gasteiger partial charge >= 0.3 is 24.6 Å². The standard InChI is InChI=1S/C17H20F2N2O6/c1-9-5-11(14(22)23)8-21(7-9)17(25)20-12-4-3-10(15(24)26-2)6-13(12)27-16(18)19/h3-4,6,9,11,16H,5,7-8H2,1-2H3,(H,20,25)(H,22,23). The average molecular weight is 386 g/mol. The van der Waals surface area contributed by atoms with Crippen molar-refractivity contribution in [1.29, 1.82) is 0 Å². The van der Waals surface area contributed by atoms with Crippen LogP contribution in [0.5, 0.6) is 5.75 Å². The first-order chi connectivity index (χ1) is 12.7. The number of amides is 2. The number of urea groups is 1. The summed E-state index contributed by atoms with van der Waals surface area (Å²) in [6, 6.07) is 2.92. The Balaban J connectivity index is 2.20. The van der Waals surface area contributed by atoms with Gasteiger partial charge in [-0.2, -0.15) is 8.78 Å². The number of carboxylic acid groups (broad SMARTS) is 1. The number of piperidine rings is 1. The number of benzene rings is 1. The summed E-state index contributed by atoms with van der Waals surface area (Å²) in [6.07, 6.45) is 0.451. The van der Waals surface area contributed by atoms with Crippen LogP contribution < -0.4 is 10.1 Å². The molecule has 1 saturated heterocycles. The van der Waals surface area contributed by atoms with Crippen LogP contribution in [0.4, 0.5) is 19.3 Å². The normalized spacial score (nSPS) is 19.5. The first kappa shape index (κ1) is 20.4. The number of aliphatic carboxylic acids is 1. The number of carbonyl (C=O) groups is 3. The van der Waals surface area contributed by atoms with Crippen LogP contribution >= 0.6 is 0 Å². The maximum atomic E-state index is 12.7. The van der Waals surface area contributed by atoms with Gasteiger partial charge in [0.05, 0.1) is 24.3 Å². The Labute approximate surface area is 154 Å². The molecule has 0 radical (unpaired) electrons. The highest BCUT2D eigenvalue weighted by Gasteiger charge is 2.32. The number of rotatable bonds is 5. The average Bonchev–Trinajstić information content (AvgIpc) is 2.61. The first-order valence-corrected chi connectivity index (χ1v) is 8.17. The number of carbonyl (C=O) groups excluding carboxylic acids is 2. The minimum Gasteiger partial charge on any atom is -0.481 e. The topological polar surface area (TPSA) is 105 Å². The van der Waals surface area contributed by atoms with E-state index in [9.17, 15) is 28.3 Å². The highest BCUT2D eigenvalue weighted by molar-refractivity contribution is 5.94. The van der Waals surface area contributed by atoms with Gasteiger partial charge in [-0.05, 0) is 30.5 Å². The molecule has 1 aromatic rings. The number of ether oxygens (including phenoxy) is 2. The fourth-order valence-electron chi connectivity index (χ4n) is 2.95. The van der Waals surface area contributed by atoms with E-state index in [2.05, 4.69) is 14.8 Å². The van der Waals surface area contributed by atoms with E-state index >= 15 is 0 Å². The molecule has 148 valence electrons. The molecule has 2 unspecified atom stereocenters. The number of halogens is 2. The Morgan fingerprint density at radius 3 is 2.59 bits per heavy atom. The molecular weight excluding hydrogens is 366 g/mol. The molecule has 2 atom stereocenters. The molecule has 27 heavy (non-hydrogen) atoms. The smallest absolute Gasteiger partial charge is 0.387 e. The first-order valence-electron chi connectivity index (χ1n) is 8.17. The molecule has 10 heteroatoms. The van der Waals surface area contributed by atoms with Crippen molar-refractivity contribution in [3.8, 4) is 5.75 Å². The van der Waals surface area contributed by atoms with E-state index in [0.29, 0.717) is 13.0 Å². The van der Waals surface area contributed by atoms with Crippen LogP contribution in [0, 0.1) is 11.8 Å². The second-order valence-electron chi connectivity index (χ2n) is 6.29. The Morgan fingerprint density at radius 2 is 2.00 bits per heavy atom. The van der Waals surface area contributed by atoms with Gasteiger partial charge in [-0.3, -0.25) is 4.79 Å². The summed E-state index contributed by atoms with van der Waals surface area (Å²) in [5.74, 6) is -2.87.